The van der Waals surface area contributed by atoms with Gasteiger partial charge in [-0.2, -0.15) is 0 Å². The summed E-state index contributed by atoms with van der Waals surface area (Å²) in [4.78, 5) is 11.7. The summed E-state index contributed by atoms with van der Waals surface area (Å²) in [6.07, 6.45) is 0.135. The van der Waals surface area contributed by atoms with Gasteiger partial charge in [0.25, 0.3) is 0 Å². The maximum atomic E-state index is 12.8. The van der Waals surface area contributed by atoms with E-state index in [0.717, 1.165) is 16.9 Å². The number of carbonyl (C=O) groups excluding carboxylic acids is 1. The van der Waals surface area contributed by atoms with Crippen LogP contribution in [-0.2, 0) is 13.1 Å². The number of rotatable bonds is 6. The van der Waals surface area contributed by atoms with Gasteiger partial charge >= 0.3 is 6.03 Å². The molecule has 0 unspecified atom stereocenters. The second-order valence-corrected chi connectivity index (χ2v) is 5.47. The average molecular weight is 316 g/mol. The van der Waals surface area contributed by atoms with Crippen LogP contribution in [0.5, 0.6) is 5.75 Å². The fraction of sp³-hybridized carbons (Fsp3) is 0.278. The predicted octanol–water partition coefficient (Wildman–Crippen LogP) is 3.61. The number of carbonyl (C=O) groups is 1. The largest absolute Gasteiger partial charge is 0.491 e. The van der Waals surface area contributed by atoms with Gasteiger partial charge in [0.1, 0.15) is 11.6 Å². The lowest BCUT2D eigenvalue weighted by molar-refractivity contribution is 0.240. The van der Waals surface area contributed by atoms with E-state index in [1.165, 1.54) is 12.1 Å². The summed E-state index contributed by atoms with van der Waals surface area (Å²) in [6, 6.07) is 13.4. The summed E-state index contributed by atoms with van der Waals surface area (Å²) < 4.78 is 18.3. The van der Waals surface area contributed by atoms with Crippen LogP contribution in [0.4, 0.5) is 9.18 Å². The normalized spacial score (nSPS) is 10.4. The first-order chi connectivity index (χ1) is 11.0. The maximum absolute atomic E-state index is 12.8. The molecule has 122 valence electrons. The van der Waals surface area contributed by atoms with Crippen molar-refractivity contribution in [2.75, 3.05) is 0 Å². The molecular formula is C18H21FN2O2. The second-order valence-electron chi connectivity index (χ2n) is 5.47. The standard InChI is InChI=1S/C18H21FN2O2/c1-13(2)23-17-9-5-15(6-10-17)12-21-18(22)20-11-14-3-7-16(19)8-4-14/h3-10,13H,11-12H2,1-2H3,(H2,20,21,22). The van der Waals surface area contributed by atoms with Crippen LogP contribution in [0.1, 0.15) is 25.0 Å². The molecule has 5 heteroatoms. The Labute approximate surface area is 135 Å². The molecule has 0 heterocycles. The minimum atomic E-state index is -0.289. The summed E-state index contributed by atoms with van der Waals surface area (Å²) in [7, 11) is 0. The molecule has 2 amide bonds. The van der Waals surface area contributed by atoms with E-state index < -0.39 is 0 Å². The Morgan fingerprint density at radius 2 is 1.43 bits per heavy atom. The fourth-order valence-electron chi connectivity index (χ4n) is 1.99. The van der Waals surface area contributed by atoms with Crippen molar-refractivity contribution in [1.82, 2.24) is 10.6 Å². The van der Waals surface area contributed by atoms with Crippen LogP contribution in [0.25, 0.3) is 0 Å². The topological polar surface area (TPSA) is 50.4 Å². The molecule has 0 aliphatic carbocycles. The highest BCUT2D eigenvalue weighted by Gasteiger charge is 2.02. The first kappa shape index (κ1) is 16.8. The van der Waals surface area contributed by atoms with Gasteiger partial charge in [0.15, 0.2) is 0 Å². The SMILES string of the molecule is CC(C)Oc1ccc(CNC(=O)NCc2ccc(F)cc2)cc1. The van der Waals surface area contributed by atoms with E-state index in [9.17, 15) is 9.18 Å². The van der Waals surface area contributed by atoms with Gasteiger partial charge in [-0.15, -0.1) is 0 Å². The van der Waals surface area contributed by atoms with Crippen molar-refractivity contribution >= 4 is 6.03 Å². The summed E-state index contributed by atoms with van der Waals surface area (Å²) in [6.45, 7) is 4.73. The van der Waals surface area contributed by atoms with Gasteiger partial charge in [0, 0.05) is 13.1 Å². The first-order valence-corrected chi connectivity index (χ1v) is 7.54. The van der Waals surface area contributed by atoms with E-state index in [0.29, 0.717) is 13.1 Å². The van der Waals surface area contributed by atoms with Gasteiger partial charge in [-0.3, -0.25) is 0 Å². The third kappa shape index (κ3) is 5.98. The molecule has 23 heavy (non-hydrogen) atoms. The molecule has 0 aromatic heterocycles. The minimum Gasteiger partial charge on any atom is -0.491 e. The lowest BCUT2D eigenvalue weighted by atomic mass is 10.2. The molecule has 0 aliphatic rings. The molecular weight excluding hydrogens is 295 g/mol. The van der Waals surface area contributed by atoms with E-state index in [1.807, 2.05) is 38.1 Å². The summed E-state index contributed by atoms with van der Waals surface area (Å²) in [5, 5.41) is 5.50. The summed E-state index contributed by atoms with van der Waals surface area (Å²) >= 11 is 0. The molecule has 0 radical (unpaired) electrons. The third-order valence-electron chi connectivity index (χ3n) is 3.11. The first-order valence-electron chi connectivity index (χ1n) is 7.54. The van der Waals surface area contributed by atoms with E-state index in [2.05, 4.69) is 10.6 Å². The number of benzene rings is 2. The monoisotopic (exact) mass is 316 g/mol. The minimum absolute atomic E-state index is 0.135. The molecule has 0 saturated carbocycles. The van der Waals surface area contributed by atoms with Crippen molar-refractivity contribution in [3.8, 4) is 5.75 Å². The molecule has 4 nitrogen and oxygen atoms in total. The van der Waals surface area contributed by atoms with Gasteiger partial charge in [-0.25, -0.2) is 9.18 Å². The average Bonchev–Trinajstić information content (AvgIpc) is 2.53. The van der Waals surface area contributed by atoms with Crippen LogP contribution in [-0.4, -0.2) is 12.1 Å². The molecule has 2 aromatic carbocycles. The lowest BCUT2D eigenvalue weighted by Gasteiger charge is -2.11. The van der Waals surface area contributed by atoms with Crippen molar-refractivity contribution in [3.63, 3.8) is 0 Å². The van der Waals surface area contributed by atoms with Gasteiger partial charge in [-0.1, -0.05) is 24.3 Å². The molecule has 0 saturated heterocycles. The van der Waals surface area contributed by atoms with E-state index in [1.54, 1.807) is 12.1 Å². The molecule has 0 atom stereocenters. The second kappa shape index (κ2) is 8.17. The third-order valence-corrected chi connectivity index (χ3v) is 3.11. The number of halogens is 1. The highest BCUT2D eigenvalue weighted by atomic mass is 19.1. The Kier molecular flexibility index (Phi) is 5.97. The van der Waals surface area contributed by atoms with E-state index in [4.69, 9.17) is 4.74 Å². The Morgan fingerprint density at radius 3 is 1.91 bits per heavy atom. The van der Waals surface area contributed by atoms with Crippen molar-refractivity contribution in [1.29, 1.82) is 0 Å². The molecule has 0 aliphatic heterocycles. The van der Waals surface area contributed by atoms with Crippen LogP contribution in [0.2, 0.25) is 0 Å². The Bertz CT molecular complexity index is 624. The van der Waals surface area contributed by atoms with Gasteiger partial charge in [0.05, 0.1) is 6.10 Å². The molecule has 2 aromatic rings. The Hall–Kier alpha value is -2.56. The Morgan fingerprint density at radius 1 is 0.957 bits per heavy atom. The molecule has 0 fully saturated rings. The van der Waals surface area contributed by atoms with Crippen LogP contribution in [0.15, 0.2) is 48.5 Å². The fourth-order valence-corrected chi connectivity index (χ4v) is 1.99. The van der Waals surface area contributed by atoms with E-state index >= 15 is 0 Å². The van der Waals surface area contributed by atoms with Crippen molar-refractivity contribution < 1.29 is 13.9 Å². The smallest absolute Gasteiger partial charge is 0.315 e. The van der Waals surface area contributed by atoms with Crippen molar-refractivity contribution in [2.24, 2.45) is 0 Å². The number of hydrogen-bond donors (Lipinski definition) is 2. The quantitative estimate of drug-likeness (QED) is 0.855. The lowest BCUT2D eigenvalue weighted by Crippen LogP contribution is -2.34. The number of ether oxygens (including phenoxy) is 1. The predicted molar refractivity (Wildman–Crippen MR) is 87.7 cm³/mol. The number of hydrogen-bond acceptors (Lipinski definition) is 2. The van der Waals surface area contributed by atoms with Gasteiger partial charge in [-0.05, 0) is 49.2 Å². The van der Waals surface area contributed by atoms with Crippen molar-refractivity contribution in [2.45, 2.75) is 33.0 Å². The van der Waals surface area contributed by atoms with Crippen molar-refractivity contribution in [3.05, 3.63) is 65.5 Å². The molecule has 2 N–H and O–H groups in total. The number of nitrogens with one attached hydrogen (secondary N) is 2. The molecule has 0 bridgehead atoms. The number of amides is 2. The maximum Gasteiger partial charge on any atom is 0.315 e. The summed E-state index contributed by atoms with van der Waals surface area (Å²) in [5.74, 6) is 0.521. The molecule has 0 spiro atoms. The van der Waals surface area contributed by atoms with Crippen LogP contribution in [0, 0.1) is 5.82 Å². The zero-order valence-corrected chi connectivity index (χ0v) is 13.3. The van der Waals surface area contributed by atoms with Gasteiger partial charge < -0.3 is 15.4 Å². The number of urea groups is 1. The van der Waals surface area contributed by atoms with Crippen LogP contribution >= 0.6 is 0 Å². The van der Waals surface area contributed by atoms with E-state index in [-0.39, 0.29) is 18.0 Å². The summed E-state index contributed by atoms with van der Waals surface area (Å²) in [5.41, 5.74) is 1.83. The van der Waals surface area contributed by atoms with Crippen LogP contribution < -0.4 is 15.4 Å². The van der Waals surface area contributed by atoms with Gasteiger partial charge in [0.2, 0.25) is 0 Å². The molecule has 2 rings (SSSR count). The highest BCUT2D eigenvalue weighted by molar-refractivity contribution is 5.73. The zero-order chi connectivity index (χ0) is 16.7. The van der Waals surface area contributed by atoms with Crippen LogP contribution in [0.3, 0.4) is 0 Å². The highest BCUT2D eigenvalue weighted by Crippen LogP contribution is 2.13. The zero-order valence-electron chi connectivity index (χ0n) is 13.3. The Balaban J connectivity index is 1.74.